The molecule has 1 aromatic heterocycles. The van der Waals surface area contributed by atoms with E-state index in [2.05, 4.69) is 0 Å². The largest absolute Gasteiger partial charge is 0.489 e. The molecule has 1 N–H and O–H groups in total. The molecule has 0 atom stereocenters. The van der Waals surface area contributed by atoms with E-state index < -0.39 is 5.97 Å². The quantitative estimate of drug-likeness (QED) is 0.777. The van der Waals surface area contributed by atoms with Crippen LogP contribution in [0.4, 0.5) is 0 Å². The number of hydrogen-bond donors (Lipinski definition) is 1. The number of benzene rings is 2. The molecule has 0 aliphatic carbocycles. The lowest BCUT2D eigenvalue weighted by molar-refractivity contribution is 0.0697. The van der Waals surface area contributed by atoms with Crippen LogP contribution in [-0.4, -0.2) is 11.1 Å². The third-order valence-electron chi connectivity index (χ3n) is 3.11. The number of ether oxygens (including phenoxy) is 1. The van der Waals surface area contributed by atoms with Gasteiger partial charge in [0.2, 0.25) is 0 Å². The van der Waals surface area contributed by atoms with Gasteiger partial charge in [0, 0.05) is 16.0 Å². The van der Waals surface area contributed by atoms with Crippen LogP contribution in [0.1, 0.15) is 15.9 Å². The average molecular weight is 303 g/mol. The molecular weight excluding hydrogens is 292 g/mol. The van der Waals surface area contributed by atoms with Crippen LogP contribution in [0.3, 0.4) is 0 Å². The standard InChI is InChI=1S/C16H11ClO4/c17-12-2-4-13(5-3-12)20-8-11-9-21-15-7-10(16(18)19)1-6-14(11)15/h1-7,9H,8H2,(H,18,19). The summed E-state index contributed by atoms with van der Waals surface area (Å²) in [4.78, 5) is 10.9. The number of carbonyl (C=O) groups is 1. The lowest BCUT2D eigenvalue weighted by Gasteiger charge is -2.04. The molecule has 2 aromatic carbocycles. The van der Waals surface area contributed by atoms with E-state index in [0.29, 0.717) is 23.0 Å². The van der Waals surface area contributed by atoms with Crippen molar-refractivity contribution in [2.24, 2.45) is 0 Å². The fraction of sp³-hybridized carbons (Fsp3) is 0.0625. The van der Waals surface area contributed by atoms with Crippen molar-refractivity contribution < 1.29 is 19.1 Å². The number of furan rings is 1. The summed E-state index contributed by atoms with van der Waals surface area (Å²) in [6.45, 7) is 0.334. The van der Waals surface area contributed by atoms with Crippen LogP contribution in [0.25, 0.3) is 11.0 Å². The minimum absolute atomic E-state index is 0.196. The van der Waals surface area contributed by atoms with Crippen LogP contribution in [-0.2, 0) is 6.61 Å². The van der Waals surface area contributed by atoms with Gasteiger partial charge < -0.3 is 14.3 Å². The van der Waals surface area contributed by atoms with E-state index in [4.69, 9.17) is 25.9 Å². The highest BCUT2D eigenvalue weighted by atomic mass is 35.5. The van der Waals surface area contributed by atoms with Gasteiger partial charge in [-0.3, -0.25) is 0 Å². The molecule has 21 heavy (non-hydrogen) atoms. The normalized spacial score (nSPS) is 10.7. The van der Waals surface area contributed by atoms with Gasteiger partial charge in [-0.15, -0.1) is 0 Å². The summed E-state index contributed by atoms with van der Waals surface area (Å²) in [7, 11) is 0. The molecule has 0 saturated carbocycles. The highest BCUT2D eigenvalue weighted by Gasteiger charge is 2.10. The number of halogens is 1. The maximum absolute atomic E-state index is 10.9. The molecule has 4 nitrogen and oxygen atoms in total. The predicted molar refractivity (Wildman–Crippen MR) is 79.0 cm³/mol. The summed E-state index contributed by atoms with van der Waals surface area (Å²) >= 11 is 5.81. The van der Waals surface area contributed by atoms with Crippen molar-refractivity contribution in [1.82, 2.24) is 0 Å². The van der Waals surface area contributed by atoms with E-state index in [1.807, 2.05) is 0 Å². The van der Waals surface area contributed by atoms with Crippen molar-refractivity contribution in [3.8, 4) is 5.75 Å². The number of rotatable bonds is 4. The summed E-state index contributed by atoms with van der Waals surface area (Å²) < 4.78 is 11.0. The second kappa shape index (κ2) is 5.50. The first kappa shape index (κ1) is 13.5. The molecule has 0 bridgehead atoms. The van der Waals surface area contributed by atoms with E-state index in [9.17, 15) is 4.79 Å². The van der Waals surface area contributed by atoms with Gasteiger partial charge in [-0.05, 0) is 42.5 Å². The van der Waals surface area contributed by atoms with Crippen LogP contribution in [0, 0.1) is 0 Å². The summed E-state index contributed by atoms with van der Waals surface area (Å²) in [5, 5.41) is 10.4. The molecule has 3 aromatic rings. The van der Waals surface area contributed by atoms with Crippen molar-refractivity contribution in [3.63, 3.8) is 0 Å². The smallest absolute Gasteiger partial charge is 0.335 e. The van der Waals surface area contributed by atoms with Gasteiger partial charge in [0.25, 0.3) is 0 Å². The van der Waals surface area contributed by atoms with Crippen molar-refractivity contribution in [2.75, 3.05) is 0 Å². The summed E-state index contributed by atoms with van der Waals surface area (Å²) in [6.07, 6.45) is 1.58. The summed E-state index contributed by atoms with van der Waals surface area (Å²) in [5.41, 5.74) is 1.59. The predicted octanol–water partition coefficient (Wildman–Crippen LogP) is 4.36. The van der Waals surface area contributed by atoms with Crippen LogP contribution in [0.5, 0.6) is 5.75 Å². The number of hydrogen-bond acceptors (Lipinski definition) is 3. The lowest BCUT2D eigenvalue weighted by atomic mass is 10.1. The zero-order valence-electron chi connectivity index (χ0n) is 10.9. The molecule has 3 rings (SSSR count). The van der Waals surface area contributed by atoms with Gasteiger partial charge in [-0.2, -0.15) is 0 Å². The fourth-order valence-corrected chi connectivity index (χ4v) is 2.15. The van der Waals surface area contributed by atoms with E-state index in [-0.39, 0.29) is 5.56 Å². The van der Waals surface area contributed by atoms with Gasteiger partial charge in [0.1, 0.15) is 17.9 Å². The monoisotopic (exact) mass is 302 g/mol. The Balaban J connectivity index is 1.81. The summed E-state index contributed by atoms with van der Waals surface area (Å²) in [5.74, 6) is -0.275. The molecule has 0 unspecified atom stereocenters. The second-order valence-electron chi connectivity index (χ2n) is 4.52. The second-order valence-corrected chi connectivity index (χ2v) is 4.96. The Morgan fingerprint density at radius 1 is 1.19 bits per heavy atom. The van der Waals surface area contributed by atoms with Crippen molar-refractivity contribution >= 4 is 28.5 Å². The van der Waals surface area contributed by atoms with E-state index in [1.54, 1.807) is 42.7 Å². The van der Waals surface area contributed by atoms with Crippen molar-refractivity contribution in [3.05, 3.63) is 64.9 Å². The molecule has 0 amide bonds. The van der Waals surface area contributed by atoms with Crippen LogP contribution >= 0.6 is 11.6 Å². The highest BCUT2D eigenvalue weighted by molar-refractivity contribution is 6.30. The van der Waals surface area contributed by atoms with Gasteiger partial charge in [-0.1, -0.05) is 11.6 Å². The van der Waals surface area contributed by atoms with E-state index >= 15 is 0 Å². The highest BCUT2D eigenvalue weighted by Crippen LogP contribution is 2.24. The lowest BCUT2D eigenvalue weighted by Crippen LogP contribution is -1.96. The van der Waals surface area contributed by atoms with Gasteiger partial charge in [-0.25, -0.2) is 4.79 Å². The van der Waals surface area contributed by atoms with Gasteiger partial charge in [0.15, 0.2) is 0 Å². The fourth-order valence-electron chi connectivity index (χ4n) is 2.02. The first-order valence-electron chi connectivity index (χ1n) is 6.25. The molecular formula is C16H11ClO4. The Kier molecular flexibility index (Phi) is 3.54. The van der Waals surface area contributed by atoms with Gasteiger partial charge >= 0.3 is 5.97 Å². The molecule has 5 heteroatoms. The van der Waals surface area contributed by atoms with Gasteiger partial charge in [0.05, 0.1) is 11.8 Å². The molecule has 0 saturated heterocycles. The minimum Gasteiger partial charge on any atom is -0.489 e. The number of aromatic carboxylic acids is 1. The number of carboxylic acids is 1. The molecule has 1 heterocycles. The van der Waals surface area contributed by atoms with Crippen LogP contribution < -0.4 is 4.74 Å². The third-order valence-corrected chi connectivity index (χ3v) is 3.36. The van der Waals surface area contributed by atoms with E-state index in [0.717, 1.165) is 10.9 Å². The van der Waals surface area contributed by atoms with Crippen LogP contribution in [0.2, 0.25) is 5.02 Å². The Hall–Kier alpha value is -2.46. The Labute approximate surface area is 125 Å². The Morgan fingerprint density at radius 2 is 1.95 bits per heavy atom. The first-order valence-corrected chi connectivity index (χ1v) is 6.63. The van der Waals surface area contributed by atoms with Crippen molar-refractivity contribution in [1.29, 1.82) is 0 Å². The van der Waals surface area contributed by atoms with Crippen LogP contribution in [0.15, 0.2) is 53.1 Å². The maximum Gasteiger partial charge on any atom is 0.335 e. The molecule has 0 spiro atoms. The third kappa shape index (κ3) is 2.85. The summed E-state index contributed by atoms with van der Waals surface area (Å²) in [6, 6.07) is 11.9. The SMILES string of the molecule is O=C(O)c1ccc2c(COc3ccc(Cl)cc3)coc2c1. The van der Waals surface area contributed by atoms with Crippen molar-refractivity contribution in [2.45, 2.75) is 6.61 Å². The van der Waals surface area contributed by atoms with E-state index in [1.165, 1.54) is 6.07 Å². The Bertz CT molecular complexity index is 790. The molecule has 0 aliphatic heterocycles. The molecule has 0 aliphatic rings. The number of fused-ring (bicyclic) bond motifs is 1. The molecule has 0 fully saturated rings. The zero-order valence-corrected chi connectivity index (χ0v) is 11.6. The minimum atomic E-state index is -0.979. The topological polar surface area (TPSA) is 59.7 Å². The number of carboxylic acid groups (broad SMARTS) is 1. The first-order chi connectivity index (χ1) is 10.1. The molecule has 0 radical (unpaired) electrons. The Morgan fingerprint density at radius 3 is 2.67 bits per heavy atom. The zero-order chi connectivity index (χ0) is 14.8. The average Bonchev–Trinajstić information content (AvgIpc) is 2.89. The maximum atomic E-state index is 10.9. The molecule has 106 valence electrons.